The van der Waals surface area contributed by atoms with Gasteiger partial charge in [0.25, 0.3) is 0 Å². The van der Waals surface area contributed by atoms with E-state index in [0.29, 0.717) is 10.6 Å². The van der Waals surface area contributed by atoms with Crippen LogP contribution in [-0.4, -0.2) is 10.9 Å². The van der Waals surface area contributed by atoms with Gasteiger partial charge in [0.05, 0.1) is 16.8 Å². The van der Waals surface area contributed by atoms with E-state index in [1.165, 1.54) is 36.5 Å². The lowest BCUT2D eigenvalue weighted by Gasteiger charge is -2.12. The number of hydrogen-bond donors (Lipinski definition) is 1. The van der Waals surface area contributed by atoms with E-state index in [9.17, 15) is 18.0 Å². The minimum Gasteiger partial charge on any atom is -0.322 e. The van der Waals surface area contributed by atoms with Crippen LogP contribution in [0.1, 0.15) is 11.1 Å². The van der Waals surface area contributed by atoms with Gasteiger partial charge >= 0.3 is 6.18 Å². The molecule has 3 rings (SSSR count). The van der Waals surface area contributed by atoms with Crippen molar-refractivity contribution in [2.45, 2.75) is 6.18 Å². The number of anilines is 1. The van der Waals surface area contributed by atoms with Crippen LogP contribution in [0.4, 0.5) is 18.9 Å². The molecule has 0 fully saturated rings. The predicted octanol–water partition coefficient (Wildman–Crippen LogP) is 5.56. The monoisotopic (exact) mass is 376 g/mol. The van der Waals surface area contributed by atoms with Gasteiger partial charge in [-0.2, -0.15) is 13.2 Å². The summed E-state index contributed by atoms with van der Waals surface area (Å²) in [6.45, 7) is 0. The van der Waals surface area contributed by atoms with Gasteiger partial charge in [0, 0.05) is 22.7 Å². The van der Waals surface area contributed by atoms with Crippen molar-refractivity contribution in [3.05, 3.63) is 77.0 Å². The fraction of sp³-hybridized carbons (Fsp3) is 0.0526. The third kappa shape index (κ3) is 3.86. The molecule has 1 amide bonds. The Bertz CT molecular complexity index is 999. The number of fused-ring (bicyclic) bond motifs is 1. The van der Waals surface area contributed by atoms with Crippen LogP contribution in [0.2, 0.25) is 5.02 Å². The Kier molecular flexibility index (Phi) is 4.95. The molecule has 3 aromatic rings. The average molecular weight is 377 g/mol. The molecule has 0 atom stereocenters. The summed E-state index contributed by atoms with van der Waals surface area (Å²) in [5.41, 5.74) is -0.163. The number of nitrogens with one attached hydrogen (secondary N) is 1. The number of para-hydroxylation sites is 1. The zero-order valence-corrected chi connectivity index (χ0v) is 14.0. The Morgan fingerprint density at radius 2 is 1.85 bits per heavy atom. The van der Waals surface area contributed by atoms with Crippen molar-refractivity contribution >= 4 is 40.2 Å². The molecule has 0 spiro atoms. The quantitative estimate of drug-likeness (QED) is 0.608. The number of carbonyl (C=O) groups is 1. The minimum atomic E-state index is -4.53. The van der Waals surface area contributed by atoms with Crippen molar-refractivity contribution in [3.63, 3.8) is 0 Å². The molecular formula is C19H12ClF3N2O. The first-order valence-electron chi connectivity index (χ1n) is 7.55. The van der Waals surface area contributed by atoms with Crippen LogP contribution in [0.25, 0.3) is 17.0 Å². The van der Waals surface area contributed by atoms with E-state index in [2.05, 4.69) is 10.3 Å². The van der Waals surface area contributed by atoms with Crippen molar-refractivity contribution in [1.82, 2.24) is 4.98 Å². The first-order chi connectivity index (χ1) is 12.4. The van der Waals surface area contributed by atoms with E-state index < -0.39 is 17.6 Å². The molecule has 0 aliphatic rings. The van der Waals surface area contributed by atoms with Crippen LogP contribution in [0.5, 0.6) is 0 Å². The van der Waals surface area contributed by atoms with E-state index in [4.69, 9.17) is 11.6 Å². The molecule has 26 heavy (non-hydrogen) atoms. The molecule has 0 bridgehead atoms. The Hall–Kier alpha value is -2.86. The van der Waals surface area contributed by atoms with Gasteiger partial charge in [-0.05, 0) is 29.8 Å². The fourth-order valence-corrected chi connectivity index (χ4v) is 2.66. The summed E-state index contributed by atoms with van der Waals surface area (Å²) in [6, 6.07) is 12.1. The molecule has 1 N–H and O–H groups in total. The summed E-state index contributed by atoms with van der Waals surface area (Å²) in [4.78, 5) is 16.0. The van der Waals surface area contributed by atoms with Crippen LogP contribution in [0.3, 0.4) is 0 Å². The van der Waals surface area contributed by atoms with E-state index >= 15 is 0 Å². The van der Waals surface area contributed by atoms with Crippen molar-refractivity contribution in [2.24, 2.45) is 0 Å². The first-order valence-corrected chi connectivity index (χ1v) is 7.92. The van der Waals surface area contributed by atoms with Crippen LogP contribution in [0, 0.1) is 0 Å². The minimum absolute atomic E-state index is 0.210. The summed E-state index contributed by atoms with van der Waals surface area (Å²) in [5, 5.41) is 3.27. The van der Waals surface area contributed by atoms with E-state index in [0.717, 1.165) is 6.07 Å². The highest BCUT2D eigenvalue weighted by atomic mass is 35.5. The zero-order chi connectivity index (χ0) is 18.7. The number of hydrogen-bond acceptors (Lipinski definition) is 2. The molecule has 1 aromatic heterocycles. The van der Waals surface area contributed by atoms with Gasteiger partial charge in [-0.3, -0.25) is 9.78 Å². The van der Waals surface area contributed by atoms with E-state index in [1.807, 2.05) is 0 Å². The number of pyridine rings is 1. The third-order valence-electron chi connectivity index (χ3n) is 3.65. The standard InChI is InChI=1S/C19H12ClF3N2O/c20-15-7-2-1-4-12(15)8-9-17(26)25-16-10-11-24-18-13(16)5-3-6-14(18)19(21,22)23/h1-11H,(H,24,25,26)/b9-8+. The summed E-state index contributed by atoms with van der Waals surface area (Å²) in [6.07, 6.45) is -0.507. The predicted molar refractivity (Wildman–Crippen MR) is 95.9 cm³/mol. The van der Waals surface area contributed by atoms with Gasteiger partial charge in [0.1, 0.15) is 0 Å². The second kappa shape index (κ2) is 7.17. The lowest BCUT2D eigenvalue weighted by atomic mass is 10.1. The zero-order valence-electron chi connectivity index (χ0n) is 13.2. The average Bonchev–Trinajstić information content (AvgIpc) is 2.60. The second-order valence-electron chi connectivity index (χ2n) is 5.40. The molecule has 0 radical (unpaired) electrons. The van der Waals surface area contributed by atoms with Crippen molar-refractivity contribution in [1.29, 1.82) is 0 Å². The van der Waals surface area contributed by atoms with Crippen LogP contribution < -0.4 is 5.32 Å². The molecule has 0 unspecified atom stereocenters. The maximum atomic E-state index is 13.1. The molecule has 7 heteroatoms. The highest BCUT2D eigenvalue weighted by Crippen LogP contribution is 2.35. The molecule has 0 saturated carbocycles. The van der Waals surface area contributed by atoms with Gasteiger partial charge in [0.15, 0.2) is 0 Å². The van der Waals surface area contributed by atoms with Crippen LogP contribution in [-0.2, 0) is 11.0 Å². The number of benzene rings is 2. The number of carbonyl (C=O) groups excluding carboxylic acids is 1. The Morgan fingerprint density at radius 3 is 2.58 bits per heavy atom. The smallest absolute Gasteiger partial charge is 0.322 e. The topological polar surface area (TPSA) is 42.0 Å². The van der Waals surface area contributed by atoms with Crippen LogP contribution >= 0.6 is 11.6 Å². The SMILES string of the molecule is O=C(/C=C/c1ccccc1Cl)Nc1ccnc2c(C(F)(F)F)cccc12. The molecular weight excluding hydrogens is 365 g/mol. The Morgan fingerprint density at radius 1 is 1.08 bits per heavy atom. The first kappa shape index (κ1) is 17.9. The van der Waals surface area contributed by atoms with Crippen molar-refractivity contribution in [3.8, 4) is 0 Å². The fourth-order valence-electron chi connectivity index (χ4n) is 2.46. The molecule has 3 nitrogen and oxygen atoms in total. The van der Waals surface area contributed by atoms with E-state index in [-0.39, 0.29) is 16.6 Å². The highest BCUT2D eigenvalue weighted by Gasteiger charge is 2.33. The van der Waals surface area contributed by atoms with E-state index in [1.54, 1.807) is 24.3 Å². The molecule has 2 aromatic carbocycles. The van der Waals surface area contributed by atoms with Gasteiger partial charge in [-0.15, -0.1) is 0 Å². The van der Waals surface area contributed by atoms with Gasteiger partial charge in [-0.25, -0.2) is 0 Å². The summed E-state index contributed by atoms with van der Waals surface area (Å²) in [7, 11) is 0. The molecule has 0 aliphatic heterocycles. The summed E-state index contributed by atoms with van der Waals surface area (Å²) < 4.78 is 39.3. The maximum absolute atomic E-state index is 13.1. The molecule has 1 heterocycles. The maximum Gasteiger partial charge on any atom is 0.418 e. The Balaban J connectivity index is 1.90. The number of nitrogens with zero attached hydrogens (tertiary/aromatic N) is 1. The summed E-state index contributed by atoms with van der Waals surface area (Å²) >= 11 is 6.01. The van der Waals surface area contributed by atoms with Gasteiger partial charge in [-0.1, -0.05) is 41.9 Å². The normalized spacial score (nSPS) is 11.8. The van der Waals surface area contributed by atoms with Crippen LogP contribution in [0.15, 0.2) is 60.8 Å². The molecule has 0 aliphatic carbocycles. The number of amides is 1. The second-order valence-corrected chi connectivity index (χ2v) is 5.81. The number of alkyl halides is 3. The number of aromatic nitrogens is 1. The van der Waals surface area contributed by atoms with Gasteiger partial charge in [0.2, 0.25) is 5.91 Å². The Labute approximate surface area is 152 Å². The number of halogens is 4. The summed E-state index contributed by atoms with van der Waals surface area (Å²) in [5.74, 6) is -0.491. The van der Waals surface area contributed by atoms with Gasteiger partial charge < -0.3 is 5.32 Å². The molecule has 132 valence electrons. The van der Waals surface area contributed by atoms with Crippen molar-refractivity contribution in [2.75, 3.05) is 5.32 Å². The lowest BCUT2D eigenvalue weighted by molar-refractivity contribution is -0.136. The number of rotatable bonds is 3. The largest absolute Gasteiger partial charge is 0.418 e. The third-order valence-corrected chi connectivity index (χ3v) is 4.00. The molecule has 0 saturated heterocycles. The van der Waals surface area contributed by atoms with Crippen molar-refractivity contribution < 1.29 is 18.0 Å². The highest BCUT2D eigenvalue weighted by molar-refractivity contribution is 6.32. The lowest BCUT2D eigenvalue weighted by Crippen LogP contribution is -2.10.